The number of nitrogens with zero attached hydrogens (tertiary/aromatic N) is 4. The molecule has 0 fully saturated rings. The second-order valence-electron chi connectivity index (χ2n) is 19.8. The summed E-state index contributed by atoms with van der Waals surface area (Å²) in [4.78, 5) is 4.69. The highest BCUT2D eigenvalue weighted by molar-refractivity contribution is 6.03. The smallest absolute Gasteiger partial charge is 0.209 e. The van der Waals surface area contributed by atoms with Crippen LogP contribution in [0, 0.1) is 0 Å². The number of anilines is 2. The van der Waals surface area contributed by atoms with Crippen molar-refractivity contribution in [3.8, 4) is 0 Å². The lowest BCUT2D eigenvalue weighted by Gasteiger charge is -2.23. The third kappa shape index (κ3) is 7.58. The average Bonchev–Trinajstić information content (AvgIpc) is 3.76. The van der Waals surface area contributed by atoms with Gasteiger partial charge in [0.05, 0.1) is 10.8 Å². The van der Waals surface area contributed by atoms with Crippen molar-refractivity contribution in [1.82, 2.24) is 0 Å². The van der Waals surface area contributed by atoms with Crippen molar-refractivity contribution in [2.24, 2.45) is 0 Å². The van der Waals surface area contributed by atoms with Crippen LogP contribution in [0.4, 0.5) is 22.7 Å². The highest BCUT2D eigenvalue weighted by atomic mass is 15.2. The first kappa shape index (κ1) is 43.4. The molecule has 0 saturated carbocycles. The Hall–Kier alpha value is -6.26. The molecule has 0 unspecified atom stereocenters. The van der Waals surface area contributed by atoms with Crippen molar-refractivity contribution in [2.75, 3.05) is 38.0 Å². The van der Waals surface area contributed by atoms with Crippen LogP contribution in [0.15, 0.2) is 193 Å². The minimum Gasteiger partial charge on any atom is -0.347 e. The Morgan fingerprint density at radius 3 is 1.17 bits per heavy atom. The van der Waals surface area contributed by atoms with E-state index in [4.69, 9.17) is 0 Å². The van der Waals surface area contributed by atoms with E-state index in [2.05, 4.69) is 273 Å². The van der Waals surface area contributed by atoms with E-state index in [-0.39, 0.29) is 21.7 Å². The normalized spacial score (nSPS) is 21.1. The van der Waals surface area contributed by atoms with E-state index in [1.54, 1.807) is 0 Å². The number of hydrogen-bond donors (Lipinski definition) is 0. The van der Waals surface area contributed by atoms with Crippen LogP contribution in [-0.4, -0.2) is 48.8 Å². The molecule has 0 N–H and O–H groups in total. The predicted octanol–water partition coefficient (Wildman–Crippen LogP) is 13.5. The lowest BCUT2D eigenvalue weighted by Crippen LogP contribution is -2.26. The SMILES string of the molecule is CN1C(=CC=CC(=CC=CC2=[N+](C)c3ccccc3C2(C)C)CC(C=CC=C2N(C)c3ccccc3C2(C)C)=CC=CC2=[N+](C)c3ccccc3C2(C)C)C(C)(C)c2ccccc21. The van der Waals surface area contributed by atoms with Crippen LogP contribution < -0.4 is 9.80 Å². The van der Waals surface area contributed by atoms with Crippen molar-refractivity contribution in [3.05, 3.63) is 215 Å². The molecule has 0 aromatic heterocycles. The summed E-state index contributed by atoms with van der Waals surface area (Å²) in [6, 6.07) is 35.1. The molecule has 63 heavy (non-hydrogen) atoms. The largest absolute Gasteiger partial charge is 0.347 e. The number of para-hydroxylation sites is 4. The van der Waals surface area contributed by atoms with Gasteiger partial charge in [-0.15, -0.1) is 0 Å². The van der Waals surface area contributed by atoms with Gasteiger partial charge in [0, 0.05) is 83.1 Å². The molecule has 0 aliphatic carbocycles. The zero-order valence-electron chi connectivity index (χ0n) is 39.7. The Bertz CT molecular complexity index is 2610. The van der Waals surface area contributed by atoms with Crippen molar-refractivity contribution in [2.45, 2.75) is 83.5 Å². The molecule has 320 valence electrons. The van der Waals surface area contributed by atoms with Crippen molar-refractivity contribution >= 4 is 34.2 Å². The zero-order chi connectivity index (χ0) is 44.9. The van der Waals surface area contributed by atoms with Gasteiger partial charge in [-0.25, -0.2) is 0 Å². The van der Waals surface area contributed by atoms with Crippen molar-refractivity contribution in [3.63, 3.8) is 0 Å². The average molecular weight is 831 g/mol. The summed E-state index contributed by atoms with van der Waals surface area (Å²) >= 11 is 0. The van der Waals surface area contributed by atoms with Gasteiger partial charge in [-0.05, 0) is 80.7 Å². The standard InChI is InChI=1S/C59H66N4/c1-56(2)44-29-13-17-33-48(44)60(9)52(56)37-21-25-42(26-22-38-53-57(3,4)45-30-14-18-34-49(45)61(53)10)41-43(27-23-39-54-58(5,6)46-31-15-19-35-50(46)62(54)11)28-24-40-55-59(7,8)47-32-16-20-36-51(47)63(55)12/h13-40H,41H2,1-12H3/q+2. The molecule has 0 spiro atoms. The van der Waals surface area contributed by atoms with Crippen LogP contribution in [0.3, 0.4) is 0 Å². The van der Waals surface area contributed by atoms with Gasteiger partial charge in [0.25, 0.3) is 0 Å². The molecule has 4 aliphatic rings. The summed E-state index contributed by atoms with van der Waals surface area (Å²) < 4.78 is 4.69. The van der Waals surface area contributed by atoms with Crippen molar-refractivity contribution in [1.29, 1.82) is 0 Å². The highest BCUT2D eigenvalue weighted by Gasteiger charge is 2.44. The van der Waals surface area contributed by atoms with E-state index < -0.39 is 0 Å². The Kier molecular flexibility index (Phi) is 11.3. The van der Waals surface area contributed by atoms with Crippen LogP contribution in [0.25, 0.3) is 0 Å². The fraction of sp³-hybridized carbons (Fsp3) is 0.288. The molecule has 0 bridgehead atoms. The molecule has 0 saturated heterocycles. The summed E-state index contributed by atoms with van der Waals surface area (Å²) in [5.41, 5.74) is 17.7. The molecule has 4 heterocycles. The maximum absolute atomic E-state index is 2.35. The van der Waals surface area contributed by atoms with Crippen LogP contribution in [0.5, 0.6) is 0 Å². The second kappa shape index (κ2) is 16.5. The zero-order valence-corrected chi connectivity index (χ0v) is 39.7. The number of allylic oxidation sites excluding steroid dienone is 16. The Balaban J connectivity index is 1.18. The van der Waals surface area contributed by atoms with E-state index in [0.29, 0.717) is 0 Å². The molecular formula is C59H66N4+2. The fourth-order valence-electron chi connectivity index (χ4n) is 10.8. The molecule has 0 radical (unpaired) electrons. The van der Waals surface area contributed by atoms with Gasteiger partial charge in [-0.1, -0.05) is 149 Å². The molecular weight excluding hydrogens is 765 g/mol. The number of rotatable bonds is 10. The molecule has 4 heteroatoms. The van der Waals surface area contributed by atoms with E-state index in [1.807, 2.05) is 0 Å². The van der Waals surface area contributed by atoms with Gasteiger partial charge >= 0.3 is 0 Å². The van der Waals surface area contributed by atoms with E-state index >= 15 is 0 Å². The monoisotopic (exact) mass is 831 g/mol. The Morgan fingerprint density at radius 2 is 0.810 bits per heavy atom. The maximum Gasteiger partial charge on any atom is 0.209 e. The molecule has 0 amide bonds. The summed E-state index contributed by atoms with van der Waals surface area (Å²) in [5, 5.41) is 0. The minimum atomic E-state index is -0.102. The maximum atomic E-state index is 2.35. The quantitative estimate of drug-likeness (QED) is 0.117. The van der Waals surface area contributed by atoms with Gasteiger partial charge in [-0.2, -0.15) is 9.15 Å². The fourth-order valence-corrected chi connectivity index (χ4v) is 10.8. The molecule has 8 rings (SSSR count). The van der Waals surface area contributed by atoms with Gasteiger partial charge in [-0.3, -0.25) is 0 Å². The summed E-state index contributed by atoms with van der Waals surface area (Å²) in [5.74, 6) is 0. The van der Waals surface area contributed by atoms with Gasteiger partial charge in [0.15, 0.2) is 11.4 Å². The topological polar surface area (TPSA) is 12.5 Å². The summed E-state index contributed by atoms with van der Waals surface area (Å²) in [7, 11) is 8.76. The van der Waals surface area contributed by atoms with Gasteiger partial charge in [0.1, 0.15) is 14.1 Å². The van der Waals surface area contributed by atoms with Crippen LogP contribution in [-0.2, 0) is 21.7 Å². The van der Waals surface area contributed by atoms with E-state index in [1.165, 1.54) is 79.0 Å². The highest BCUT2D eigenvalue weighted by Crippen LogP contribution is 2.48. The van der Waals surface area contributed by atoms with E-state index in [9.17, 15) is 0 Å². The number of benzene rings is 4. The molecule has 0 atom stereocenters. The van der Waals surface area contributed by atoms with E-state index in [0.717, 1.165) is 6.42 Å². The third-order valence-electron chi connectivity index (χ3n) is 14.4. The number of hydrogen-bond acceptors (Lipinski definition) is 2. The van der Waals surface area contributed by atoms with Crippen LogP contribution >= 0.6 is 0 Å². The number of likely N-dealkylation sites (N-methyl/N-ethyl adjacent to an activating group) is 2. The Labute approximate surface area is 378 Å². The predicted molar refractivity (Wildman–Crippen MR) is 270 cm³/mol. The lowest BCUT2D eigenvalue weighted by molar-refractivity contribution is -0.401. The van der Waals surface area contributed by atoms with Crippen molar-refractivity contribution < 1.29 is 9.15 Å². The van der Waals surface area contributed by atoms with Crippen LogP contribution in [0.1, 0.15) is 84.1 Å². The minimum absolute atomic E-state index is 0.102. The molecule has 4 aromatic rings. The van der Waals surface area contributed by atoms with Crippen LogP contribution in [0.2, 0.25) is 0 Å². The second-order valence-corrected chi connectivity index (χ2v) is 19.8. The third-order valence-corrected chi connectivity index (χ3v) is 14.4. The van der Waals surface area contributed by atoms with Gasteiger partial charge < -0.3 is 9.80 Å². The first-order valence-corrected chi connectivity index (χ1v) is 22.6. The summed E-state index contributed by atoms with van der Waals surface area (Å²) in [6.07, 6.45) is 28.2. The molecule has 4 aliphatic heterocycles. The molecule has 4 nitrogen and oxygen atoms in total. The molecule has 4 aromatic carbocycles. The number of fused-ring (bicyclic) bond motifs is 4. The van der Waals surface area contributed by atoms with Gasteiger partial charge in [0.2, 0.25) is 11.4 Å². The first-order chi connectivity index (χ1) is 30.0. The Morgan fingerprint density at radius 1 is 0.460 bits per heavy atom. The first-order valence-electron chi connectivity index (χ1n) is 22.6. The summed E-state index contributed by atoms with van der Waals surface area (Å²) in [6.45, 7) is 18.6. The lowest BCUT2D eigenvalue weighted by atomic mass is 9.81.